The lowest BCUT2D eigenvalue weighted by Gasteiger charge is -2.26. The topological polar surface area (TPSA) is 78.4 Å². The first-order valence-electron chi connectivity index (χ1n) is 9.69. The molecule has 0 unspecified atom stereocenters. The molecular weight excluding hydrogens is 354 g/mol. The summed E-state index contributed by atoms with van der Waals surface area (Å²) >= 11 is 0. The molecule has 0 fully saturated rings. The third-order valence-corrected chi connectivity index (χ3v) is 4.92. The van der Waals surface area contributed by atoms with Crippen LogP contribution in [0.15, 0.2) is 36.5 Å². The van der Waals surface area contributed by atoms with E-state index >= 15 is 0 Å². The fourth-order valence-electron chi connectivity index (χ4n) is 3.24. The molecule has 7 nitrogen and oxygen atoms in total. The molecule has 2 bridgehead atoms. The summed E-state index contributed by atoms with van der Waals surface area (Å²) in [6.07, 6.45) is 3.96. The lowest BCUT2D eigenvalue weighted by atomic mass is 10.1. The van der Waals surface area contributed by atoms with Gasteiger partial charge in [-0.1, -0.05) is 6.07 Å². The number of likely N-dealkylation sites (N-methyl/N-ethyl adjacent to an activating group) is 1. The van der Waals surface area contributed by atoms with Crippen LogP contribution in [0.1, 0.15) is 34.6 Å². The van der Waals surface area contributed by atoms with Crippen LogP contribution in [-0.4, -0.2) is 64.8 Å². The fraction of sp³-hybridized carbons (Fsp3) is 0.429. The van der Waals surface area contributed by atoms with Crippen LogP contribution in [0, 0.1) is 6.92 Å². The van der Waals surface area contributed by atoms with Crippen molar-refractivity contribution in [3.63, 3.8) is 0 Å². The van der Waals surface area contributed by atoms with Crippen LogP contribution in [0.25, 0.3) is 0 Å². The van der Waals surface area contributed by atoms with Gasteiger partial charge in [-0.2, -0.15) is 0 Å². The van der Waals surface area contributed by atoms with Crippen molar-refractivity contribution < 1.29 is 9.59 Å². The van der Waals surface area contributed by atoms with Crippen molar-refractivity contribution in [2.75, 3.05) is 38.5 Å². The second-order valence-electron chi connectivity index (χ2n) is 7.08. The molecule has 0 radical (unpaired) electrons. The van der Waals surface area contributed by atoms with Gasteiger partial charge >= 0.3 is 0 Å². The maximum Gasteiger partial charge on any atom is 0.256 e. The number of hydrogen-bond donors (Lipinski definition) is 1. The molecule has 1 aliphatic rings. The summed E-state index contributed by atoms with van der Waals surface area (Å²) in [6, 6.07) is 9.45. The van der Waals surface area contributed by atoms with Crippen LogP contribution in [0.5, 0.6) is 0 Å². The maximum absolute atomic E-state index is 13.1. The number of amides is 2. The Kier molecular flexibility index (Phi) is 6.57. The van der Waals surface area contributed by atoms with Crippen LogP contribution < -0.4 is 5.32 Å². The summed E-state index contributed by atoms with van der Waals surface area (Å²) in [5.74, 6) is 0.647. The zero-order valence-electron chi connectivity index (χ0n) is 16.5. The van der Waals surface area contributed by atoms with E-state index in [2.05, 4.69) is 15.3 Å². The number of nitrogens with one attached hydrogen (secondary N) is 1. The van der Waals surface area contributed by atoms with Crippen molar-refractivity contribution in [3.8, 4) is 0 Å². The Morgan fingerprint density at radius 3 is 2.82 bits per heavy atom. The highest BCUT2D eigenvalue weighted by atomic mass is 16.2. The second-order valence-corrected chi connectivity index (χ2v) is 7.08. The molecule has 0 aliphatic carbocycles. The van der Waals surface area contributed by atoms with E-state index in [4.69, 9.17) is 0 Å². The molecule has 148 valence electrons. The second kappa shape index (κ2) is 9.30. The number of rotatable bonds is 1. The maximum atomic E-state index is 13.1. The number of aryl methyl sites for hydroxylation is 2. The summed E-state index contributed by atoms with van der Waals surface area (Å²) < 4.78 is 0. The highest BCUT2D eigenvalue weighted by Crippen LogP contribution is 2.12. The van der Waals surface area contributed by atoms with E-state index < -0.39 is 0 Å². The van der Waals surface area contributed by atoms with E-state index in [1.165, 1.54) is 0 Å². The molecule has 2 aromatic heterocycles. The molecule has 0 spiro atoms. The van der Waals surface area contributed by atoms with Crippen molar-refractivity contribution in [2.24, 2.45) is 0 Å². The summed E-state index contributed by atoms with van der Waals surface area (Å²) in [7, 11) is 1.78. The van der Waals surface area contributed by atoms with E-state index in [1.807, 2.05) is 25.1 Å². The third-order valence-electron chi connectivity index (χ3n) is 4.92. The number of anilines is 1. The predicted molar refractivity (Wildman–Crippen MR) is 108 cm³/mol. The Labute approximate surface area is 165 Å². The zero-order chi connectivity index (χ0) is 19.9. The first-order chi connectivity index (χ1) is 13.5. The van der Waals surface area contributed by atoms with Crippen LogP contribution in [0.3, 0.4) is 0 Å². The minimum atomic E-state index is -0.150. The van der Waals surface area contributed by atoms with Crippen LogP contribution in [-0.2, 0) is 11.2 Å². The van der Waals surface area contributed by atoms with Gasteiger partial charge in [0, 0.05) is 44.3 Å². The molecule has 0 atom stereocenters. The summed E-state index contributed by atoms with van der Waals surface area (Å²) in [5, 5.41) is 3.31. The summed E-state index contributed by atoms with van der Waals surface area (Å²) in [4.78, 5) is 37.9. The molecular formula is C21H27N5O2. The quantitative estimate of drug-likeness (QED) is 0.819. The molecule has 1 N–H and O–H groups in total. The fourth-order valence-corrected chi connectivity index (χ4v) is 3.24. The average Bonchev–Trinajstić information content (AvgIpc) is 2.70. The minimum absolute atomic E-state index is 0.0522. The number of carbonyl (C=O) groups is 2. The largest absolute Gasteiger partial charge is 0.370 e. The highest BCUT2D eigenvalue weighted by Gasteiger charge is 2.22. The highest BCUT2D eigenvalue weighted by molar-refractivity contribution is 5.97. The van der Waals surface area contributed by atoms with Gasteiger partial charge in [0.2, 0.25) is 5.91 Å². The summed E-state index contributed by atoms with van der Waals surface area (Å²) in [6.45, 7) is 3.75. The van der Waals surface area contributed by atoms with Crippen LogP contribution >= 0.6 is 0 Å². The standard InChI is InChI=1S/C21H27N5O2/c1-16-18(9-4-11-22-16)21(28)26-14-5-8-17-7-3-10-19(24-17)23-12-6-13-25(2)20(27)15-26/h3-4,7,9-11H,5-6,8,12-15H2,1-2H3,(H,23,24). The number of aromatic nitrogens is 2. The van der Waals surface area contributed by atoms with Crippen molar-refractivity contribution in [1.29, 1.82) is 0 Å². The van der Waals surface area contributed by atoms with Gasteiger partial charge in [-0.3, -0.25) is 14.6 Å². The number of nitrogens with zero attached hydrogens (tertiary/aromatic N) is 4. The van der Waals surface area contributed by atoms with Gasteiger partial charge in [0.05, 0.1) is 5.56 Å². The average molecular weight is 381 g/mol. The van der Waals surface area contributed by atoms with E-state index in [1.54, 1.807) is 35.2 Å². The van der Waals surface area contributed by atoms with Crippen LogP contribution in [0.2, 0.25) is 0 Å². The molecule has 28 heavy (non-hydrogen) atoms. The van der Waals surface area contributed by atoms with Gasteiger partial charge < -0.3 is 15.1 Å². The van der Waals surface area contributed by atoms with Crippen molar-refractivity contribution in [2.45, 2.75) is 26.2 Å². The first-order valence-corrected chi connectivity index (χ1v) is 9.69. The minimum Gasteiger partial charge on any atom is -0.370 e. The van der Waals surface area contributed by atoms with E-state index in [9.17, 15) is 9.59 Å². The van der Waals surface area contributed by atoms with E-state index in [0.717, 1.165) is 37.3 Å². The molecule has 0 aromatic carbocycles. The molecule has 1 aliphatic heterocycles. The third kappa shape index (κ3) is 5.06. The predicted octanol–water partition coefficient (Wildman–Crippen LogP) is 2.13. The Morgan fingerprint density at radius 1 is 1.14 bits per heavy atom. The van der Waals surface area contributed by atoms with Gasteiger partial charge in [0.1, 0.15) is 12.4 Å². The monoisotopic (exact) mass is 381 g/mol. The van der Waals surface area contributed by atoms with Gasteiger partial charge in [0.25, 0.3) is 5.91 Å². The van der Waals surface area contributed by atoms with E-state index in [0.29, 0.717) is 24.3 Å². The normalized spacial score (nSPS) is 16.3. The smallest absolute Gasteiger partial charge is 0.256 e. The molecule has 2 aromatic rings. The molecule has 3 heterocycles. The van der Waals surface area contributed by atoms with Gasteiger partial charge in [0.15, 0.2) is 0 Å². The van der Waals surface area contributed by atoms with Crippen molar-refractivity contribution in [3.05, 3.63) is 53.5 Å². The Bertz CT molecular complexity index is 839. The number of pyridine rings is 2. The SMILES string of the molecule is Cc1ncccc1C(=O)N1CCCc2cccc(n2)NCCCN(C)C(=O)C1. The van der Waals surface area contributed by atoms with Gasteiger partial charge in [-0.05, 0) is 50.5 Å². The molecule has 0 saturated carbocycles. The number of fused-ring (bicyclic) bond motifs is 2. The first kappa shape index (κ1) is 19.8. The molecule has 0 saturated heterocycles. The lowest BCUT2D eigenvalue weighted by Crippen LogP contribution is -2.42. The van der Waals surface area contributed by atoms with Crippen LogP contribution in [0.4, 0.5) is 5.82 Å². The molecule has 7 heteroatoms. The zero-order valence-corrected chi connectivity index (χ0v) is 16.5. The lowest BCUT2D eigenvalue weighted by molar-refractivity contribution is -0.130. The Morgan fingerprint density at radius 2 is 2.00 bits per heavy atom. The summed E-state index contributed by atoms with van der Waals surface area (Å²) in [5.41, 5.74) is 2.20. The molecule has 2 amide bonds. The number of carbonyl (C=O) groups excluding carboxylic acids is 2. The Hall–Kier alpha value is -2.96. The molecule has 3 rings (SSSR count). The van der Waals surface area contributed by atoms with Crippen molar-refractivity contribution in [1.82, 2.24) is 19.8 Å². The Balaban J connectivity index is 1.80. The van der Waals surface area contributed by atoms with Gasteiger partial charge in [-0.25, -0.2) is 4.98 Å². The van der Waals surface area contributed by atoms with Crippen molar-refractivity contribution >= 4 is 17.6 Å². The number of hydrogen-bond acceptors (Lipinski definition) is 5. The van der Waals surface area contributed by atoms with E-state index in [-0.39, 0.29) is 18.4 Å². The van der Waals surface area contributed by atoms with Gasteiger partial charge in [-0.15, -0.1) is 0 Å².